The summed E-state index contributed by atoms with van der Waals surface area (Å²) in [7, 11) is 1.47. The van der Waals surface area contributed by atoms with Gasteiger partial charge in [0.25, 0.3) is 0 Å². The summed E-state index contributed by atoms with van der Waals surface area (Å²) in [6.45, 7) is 2.95. The SMILES string of the molecule is COC(C)C(O)C(O)C(COCCCN)OI. The van der Waals surface area contributed by atoms with E-state index in [0.717, 1.165) is 6.42 Å². The summed E-state index contributed by atoms with van der Waals surface area (Å²) in [6, 6.07) is 0. The van der Waals surface area contributed by atoms with Gasteiger partial charge in [-0.05, 0) is 19.9 Å². The number of halogens is 1. The molecule has 0 aliphatic rings. The molecule has 0 rings (SSSR count). The topological polar surface area (TPSA) is 94.2 Å². The van der Waals surface area contributed by atoms with Crippen LogP contribution < -0.4 is 5.73 Å². The third kappa shape index (κ3) is 6.85. The van der Waals surface area contributed by atoms with Crippen LogP contribution in [0.1, 0.15) is 13.3 Å². The maximum Gasteiger partial charge on any atom is 0.122 e. The quantitative estimate of drug-likeness (QED) is 0.369. The van der Waals surface area contributed by atoms with E-state index in [0.29, 0.717) is 13.2 Å². The number of aliphatic hydroxyl groups excluding tert-OH is 2. The van der Waals surface area contributed by atoms with Crippen molar-refractivity contribution < 1.29 is 22.8 Å². The minimum absolute atomic E-state index is 0.206. The Balaban J connectivity index is 4.06. The van der Waals surface area contributed by atoms with Crippen LogP contribution in [0, 0.1) is 0 Å². The smallest absolute Gasteiger partial charge is 0.122 e. The molecule has 0 saturated heterocycles. The monoisotopic (exact) mass is 363 g/mol. The number of hydrogen-bond acceptors (Lipinski definition) is 6. The Kier molecular flexibility index (Phi) is 10.7. The van der Waals surface area contributed by atoms with E-state index in [9.17, 15) is 10.2 Å². The molecule has 104 valence electrons. The highest BCUT2D eigenvalue weighted by molar-refractivity contribution is 14.1. The summed E-state index contributed by atoms with van der Waals surface area (Å²) in [5.41, 5.74) is 5.33. The summed E-state index contributed by atoms with van der Waals surface area (Å²) >= 11 is 1.68. The summed E-state index contributed by atoms with van der Waals surface area (Å²) in [5, 5.41) is 19.6. The molecule has 0 amide bonds. The molecule has 0 bridgehead atoms. The van der Waals surface area contributed by atoms with Gasteiger partial charge in [0.1, 0.15) is 41.3 Å². The second kappa shape index (κ2) is 10.4. The Labute approximate surface area is 116 Å². The first-order valence-corrected chi connectivity index (χ1v) is 6.40. The first-order valence-electron chi connectivity index (χ1n) is 5.52. The van der Waals surface area contributed by atoms with Gasteiger partial charge in [-0.15, -0.1) is 0 Å². The van der Waals surface area contributed by atoms with Crippen molar-refractivity contribution in [2.75, 3.05) is 26.9 Å². The molecule has 0 radical (unpaired) electrons. The van der Waals surface area contributed by atoms with Crippen LogP contribution in [0.2, 0.25) is 0 Å². The highest BCUT2D eigenvalue weighted by Crippen LogP contribution is 2.13. The van der Waals surface area contributed by atoms with E-state index in [1.807, 2.05) is 0 Å². The third-order valence-corrected chi connectivity index (χ3v) is 3.13. The van der Waals surface area contributed by atoms with Crippen LogP contribution in [-0.2, 0) is 12.5 Å². The number of methoxy groups -OCH3 is 1. The molecule has 7 heteroatoms. The lowest BCUT2D eigenvalue weighted by molar-refractivity contribution is -0.109. The van der Waals surface area contributed by atoms with Crippen LogP contribution in [0.5, 0.6) is 0 Å². The molecule has 17 heavy (non-hydrogen) atoms. The number of hydrogen-bond donors (Lipinski definition) is 3. The standard InChI is InChI=1S/C10H22INO5/c1-7(15-2)9(13)10(14)8(17-11)6-16-5-3-4-12/h7-10,13-14H,3-6,12H2,1-2H3. The van der Waals surface area contributed by atoms with E-state index in [-0.39, 0.29) is 6.61 Å². The zero-order chi connectivity index (χ0) is 13.3. The van der Waals surface area contributed by atoms with Gasteiger partial charge in [0.15, 0.2) is 0 Å². The molecule has 0 spiro atoms. The number of rotatable bonds is 10. The molecular formula is C10H22INO5. The Morgan fingerprint density at radius 2 is 1.94 bits per heavy atom. The average molecular weight is 363 g/mol. The summed E-state index contributed by atoms with van der Waals surface area (Å²) in [6.07, 6.45) is -2.39. The molecule has 0 aromatic rings. The minimum Gasteiger partial charge on any atom is -0.388 e. The molecule has 6 nitrogen and oxygen atoms in total. The van der Waals surface area contributed by atoms with Gasteiger partial charge in [0.05, 0.1) is 12.7 Å². The van der Waals surface area contributed by atoms with Crippen molar-refractivity contribution >= 4 is 23.0 Å². The van der Waals surface area contributed by atoms with E-state index in [1.165, 1.54) is 7.11 Å². The van der Waals surface area contributed by atoms with Gasteiger partial charge in [0, 0.05) is 13.7 Å². The number of nitrogens with two attached hydrogens (primary N) is 1. The lowest BCUT2D eigenvalue weighted by Crippen LogP contribution is -2.46. The van der Waals surface area contributed by atoms with E-state index in [4.69, 9.17) is 18.3 Å². The van der Waals surface area contributed by atoms with Crippen molar-refractivity contribution in [3.05, 3.63) is 0 Å². The van der Waals surface area contributed by atoms with Crippen LogP contribution in [0.15, 0.2) is 0 Å². The van der Waals surface area contributed by atoms with Gasteiger partial charge >= 0.3 is 0 Å². The first kappa shape index (κ1) is 17.5. The van der Waals surface area contributed by atoms with Crippen LogP contribution in [-0.4, -0.2) is 61.5 Å². The van der Waals surface area contributed by atoms with Crippen molar-refractivity contribution in [3.8, 4) is 0 Å². The van der Waals surface area contributed by atoms with E-state index in [1.54, 1.807) is 29.9 Å². The van der Waals surface area contributed by atoms with Gasteiger partial charge in [-0.1, -0.05) is 0 Å². The predicted molar refractivity (Wildman–Crippen MR) is 71.9 cm³/mol. The fourth-order valence-electron chi connectivity index (χ4n) is 1.20. The zero-order valence-electron chi connectivity index (χ0n) is 10.2. The predicted octanol–water partition coefficient (Wildman–Crippen LogP) is -0.156. The first-order chi connectivity index (χ1) is 8.08. The van der Waals surface area contributed by atoms with Gasteiger partial charge < -0.3 is 28.5 Å². The Morgan fingerprint density at radius 1 is 1.29 bits per heavy atom. The molecule has 4 unspecified atom stereocenters. The van der Waals surface area contributed by atoms with Crippen molar-refractivity contribution in [2.24, 2.45) is 5.73 Å². The average Bonchev–Trinajstić information content (AvgIpc) is 2.36. The van der Waals surface area contributed by atoms with Gasteiger partial charge in [-0.25, -0.2) is 0 Å². The highest BCUT2D eigenvalue weighted by Gasteiger charge is 2.31. The number of aliphatic hydroxyl groups is 2. The molecule has 0 heterocycles. The lowest BCUT2D eigenvalue weighted by Gasteiger charge is -2.27. The Morgan fingerprint density at radius 3 is 2.41 bits per heavy atom. The summed E-state index contributed by atoms with van der Waals surface area (Å²) in [5.74, 6) is 0. The van der Waals surface area contributed by atoms with Crippen molar-refractivity contribution in [1.82, 2.24) is 0 Å². The molecule has 4 N–H and O–H groups in total. The van der Waals surface area contributed by atoms with Crippen LogP contribution in [0.4, 0.5) is 0 Å². The van der Waals surface area contributed by atoms with Crippen molar-refractivity contribution in [2.45, 2.75) is 37.8 Å². The number of ether oxygens (including phenoxy) is 2. The highest BCUT2D eigenvalue weighted by atomic mass is 127. The van der Waals surface area contributed by atoms with Gasteiger partial charge in [-0.3, -0.25) is 0 Å². The normalized spacial score (nSPS) is 18.7. The maximum atomic E-state index is 9.87. The largest absolute Gasteiger partial charge is 0.388 e. The lowest BCUT2D eigenvalue weighted by atomic mass is 10.0. The van der Waals surface area contributed by atoms with Crippen LogP contribution >= 0.6 is 23.0 Å². The van der Waals surface area contributed by atoms with Gasteiger partial charge in [0.2, 0.25) is 0 Å². The van der Waals surface area contributed by atoms with Crippen molar-refractivity contribution in [1.29, 1.82) is 0 Å². The van der Waals surface area contributed by atoms with Gasteiger partial charge in [-0.2, -0.15) is 0 Å². The maximum absolute atomic E-state index is 9.87. The Bertz CT molecular complexity index is 186. The molecule has 4 atom stereocenters. The Hall–Kier alpha value is 0.490. The molecule has 0 aromatic heterocycles. The molecular weight excluding hydrogens is 341 g/mol. The fourth-order valence-corrected chi connectivity index (χ4v) is 1.65. The molecule has 0 aromatic carbocycles. The van der Waals surface area contributed by atoms with E-state index < -0.39 is 24.4 Å². The molecule has 0 aliphatic carbocycles. The molecule has 0 saturated carbocycles. The summed E-state index contributed by atoms with van der Waals surface area (Å²) in [4.78, 5) is 0. The summed E-state index contributed by atoms with van der Waals surface area (Å²) < 4.78 is 15.3. The van der Waals surface area contributed by atoms with Crippen LogP contribution in [0.3, 0.4) is 0 Å². The van der Waals surface area contributed by atoms with E-state index >= 15 is 0 Å². The molecule has 0 aliphatic heterocycles. The minimum atomic E-state index is -1.06. The second-order valence-electron chi connectivity index (χ2n) is 3.77. The second-order valence-corrected chi connectivity index (χ2v) is 4.28. The van der Waals surface area contributed by atoms with Crippen LogP contribution in [0.25, 0.3) is 0 Å². The zero-order valence-corrected chi connectivity index (χ0v) is 12.4. The third-order valence-electron chi connectivity index (χ3n) is 2.47. The fraction of sp³-hybridized carbons (Fsp3) is 1.00. The molecule has 0 fully saturated rings. The van der Waals surface area contributed by atoms with Crippen molar-refractivity contribution in [3.63, 3.8) is 0 Å². The van der Waals surface area contributed by atoms with E-state index in [2.05, 4.69) is 0 Å².